The molecule has 1 fully saturated rings. The maximum atomic E-state index is 11.3. The van der Waals surface area contributed by atoms with Crippen molar-refractivity contribution in [1.82, 2.24) is 14.7 Å². The normalized spacial score (nSPS) is 22.5. The van der Waals surface area contributed by atoms with Crippen molar-refractivity contribution in [2.75, 3.05) is 13.1 Å². The molecule has 0 saturated carbocycles. The maximum absolute atomic E-state index is 11.3. The van der Waals surface area contributed by atoms with Gasteiger partial charge in [0.15, 0.2) is 0 Å². The number of nitro groups is 1. The van der Waals surface area contributed by atoms with Crippen LogP contribution >= 0.6 is 0 Å². The summed E-state index contributed by atoms with van der Waals surface area (Å²) in [7, 11) is 1.83. The first-order chi connectivity index (χ1) is 10.1. The standard InChI is InChI=1S/C15H18N4O2/c1-17-9-13(7-16-17)14-10-18(11-15(14)19(20)21)8-12-5-3-2-4-6-12/h2-7,9,14-15H,8,10-11H2,1H3. The highest BCUT2D eigenvalue weighted by molar-refractivity contribution is 5.19. The van der Waals surface area contributed by atoms with Gasteiger partial charge >= 0.3 is 0 Å². The van der Waals surface area contributed by atoms with Crippen molar-refractivity contribution in [3.05, 3.63) is 64.0 Å². The smallest absolute Gasteiger partial charge is 0.233 e. The van der Waals surface area contributed by atoms with Crippen molar-refractivity contribution in [2.24, 2.45) is 7.05 Å². The summed E-state index contributed by atoms with van der Waals surface area (Å²) >= 11 is 0. The molecule has 0 amide bonds. The molecule has 0 N–H and O–H groups in total. The second-order valence-electron chi connectivity index (χ2n) is 5.59. The third-order valence-electron chi connectivity index (χ3n) is 4.04. The van der Waals surface area contributed by atoms with Crippen LogP contribution in [0, 0.1) is 10.1 Å². The van der Waals surface area contributed by atoms with Crippen LogP contribution in [0.1, 0.15) is 17.0 Å². The molecule has 1 aliphatic heterocycles. The molecule has 1 aliphatic rings. The van der Waals surface area contributed by atoms with Crippen LogP contribution in [0.25, 0.3) is 0 Å². The van der Waals surface area contributed by atoms with Gasteiger partial charge in [-0.15, -0.1) is 0 Å². The molecule has 0 spiro atoms. The lowest BCUT2D eigenvalue weighted by Gasteiger charge is -2.14. The highest BCUT2D eigenvalue weighted by Gasteiger charge is 2.42. The van der Waals surface area contributed by atoms with E-state index in [1.165, 1.54) is 5.56 Å². The van der Waals surface area contributed by atoms with Crippen molar-refractivity contribution in [1.29, 1.82) is 0 Å². The molecule has 0 bridgehead atoms. The molecule has 2 heterocycles. The Hall–Kier alpha value is -2.21. The second-order valence-corrected chi connectivity index (χ2v) is 5.59. The van der Waals surface area contributed by atoms with Gasteiger partial charge in [0.1, 0.15) is 0 Å². The zero-order chi connectivity index (χ0) is 14.8. The Morgan fingerprint density at radius 1 is 1.33 bits per heavy atom. The fourth-order valence-electron chi connectivity index (χ4n) is 3.01. The van der Waals surface area contributed by atoms with Crippen molar-refractivity contribution < 1.29 is 4.92 Å². The summed E-state index contributed by atoms with van der Waals surface area (Å²) < 4.78 is 1.70. The van der Waals surface area contributed by atoms with Crippen molar-refractivity contribution >= 4 is 0 Å². The van der Waals surface area contributed by atoms with Crippen molar-refractivity contribution in [3.8, 4) is 0 Å². The number of likely N-dealkylation sites (tertiary alicyclic amines) is 1. The van der Waals surface area contributed by atoms with Crippen LogP contribution in [-0.2, 0) is 13.6 Å². The minimum Gasteiger partial charge on any atom is -0.292 e. The van der Waals surface area contributed by atoms with E-state index >= 15 is 0 Å². The topological polar surface area (TPSA) is 64.2 Å². The Balaban J connectivity index is 1.76. The van der Waals surface area contributed by atoms with Gasteiger partial charge < -0.3 is 0 Å². The summed E-state index contributed by atoms with van der Waals surface area (Å²) in [6.07, 6.45) is 3.63. The van der Waals surface area contributed by atoms with Crippen LogP contribution in [0.5, 0.6) is 0 Å². The molecule has 1 aromatic carbocycles. The Morgan fingerprint density at radius 3 is 2.71 bits per heavy atom. The van der Waals surface area contributed by atoms with Crippen LogP contribution < -0.4 is 0 Å². The van der Waals surface area contributed by atoms with Crippen LogP contribution in [0.4, 0.5) is 0 Å². The van der Waals surface area contributed by atoms with E-state index < -0.39 is 6.04 Å². The number of nitrogens with zero attached hydrogens (tertiary/aromatic N) is 4. The van der Waals surface area contributed by atoms with Crippen LogP contribution in [0.15, 0.2) is 42.7 Å². The van der Waals surface area contributed by atoms with Gasteiger partial charge in [0, 0.05) is 36.8 Å². The van der Waals surface area contributed by atoms with Crippen molar-refractivity contribution in [3.63, 3.8) is 0 Å². The Bertz CT molecular complexity index is 626. The first kappa shape index (κ1) is 13.8. The first-order valence-corrected chi connectivity index (χ1v) is 7.02. The third kappa shape index (κ3) is 2.95. The van der Waals surface area contributed by atoms with E-state index in [2.05, 4.69) is 22.1 Å². The number of hydrogen-bond acceptors (Lipinski definition) is 4. The quantitative estimate of drug-likeness (QED) is 0.633. The molecule has 2 atom stereocenters. The van der Waals surface area contributed by atoms with E-state index in [0.717, 1.165) is 12.1 Å². The number of aryl methyl sites for hydroxylation is 1. The van der Waals surface area contributed by atoms with Gasteiger partial charge in [-0.05, 0) is 5.56 Å². The van der Waals surface area contributed by atoms with Gasteiger partial charge in [-0.25, -0.2) is 0 Å². The lowest BCUT2D eigenvalue weighted by atomic mass is 9.98. The van der Waals surface area contributed by atoms with E-state index in [4.69, 9.17) is 0 Å². The largest absolute Gasteiger partial charge is 0.292 e. The molecule has 0 aliphatic carbocycles. The van der Waals surface area contributed by atoms with E-state index in [0.29, 0.717) is 13.1 Å². The molecule has 21 heavy (non-hydrogen) atoms. The molecular weight excluding hydrogens is 268 g/mol. The lowest BCUT2D eigenvalue weighted by molar-refractivity contribution is -0.521. The molecule has 2 unspecified atom stereocenters. The fraction of sp³-hybridized carbons (Fsp3) is 0.400. The highest BCUT2D eigenvalue weighted by Crippen LogP contribution is 2.30. The van der Waals surface area contributed by atoms with Gasteiger partial charge in [0.25, 0.3) is 0 Å². The van der Waals surface area contributed by atoms with E-state index in [9.17, 15) is 10.1 Å². The van der Waals surface area contributed by atoms with Crippen LogP contribution in [0.3, 0.4) is 0 Å². The fourth-order valence-corrected chi connectivity index (χ4v) is 3.01. The minimum atomic E-state index is -0.557. The summed E-state index contributed by atoms with van der Waals surface area (Å²) in [5, 5.41) is 15.5. The summed E-state index contributed by atoms with van der Waals surface area (Å²) in [6.45, 7) is 1.94. The number of hydrogen-bond donors (Lipinski definition) is 0. The van der Waals surface area contributed by atoms with Gasteiger partial charge in [-0.2, -0.15) is 5.10 Å². The monoisotopic (exact) mass is 286 g/mol. The predicted octanol–water partition coefficient (Wildman–Crippen LogP) is 1.66. The summed E-state index contributed by atoms with van der Waals surface area (Å²) in [5.74, 6) is -0.0857. The summed E-state index contributed by atoms with van der Waals surface area (Å²) in [6, 6.07) is 9.52. The van der Waals surface area contributed by atoms with E-state index in [1.807, 2.05) is 31.4 Å². The number of aromatic nitrogens is 2. The average Bonchev–Trinajstić information content (AvgIpc) is 3.06. The molecule has 1 saturated heterocycles. The SMILES string of the molecule is Cn1cc(C2CN(Cc3ccccc3)CC2[N+](=O)[O-])cn1. The molecule has 0 radical (unpaired) electrons. The summed E-state index contributed by atoms with van der Waals surface area (Å²) in [5.41, 5.74) is 2.14. The zero-order valence-electron chi connectivity index (χ0n) is 11.9. The number of rotatable bonds is 4. The maximum Gasteiger partial charge on any atom is 0.233 e. The molecule has 6 heteroatoms. The van der Waals surface area contributed by atoms with Gasteiger partial charge in [-0.1, -0.05) is 30.3 Å². The van der Waals surface area contributed by atoms with Gasteiger partial charge in [-0.3, -0.25) is 19.7 Å². The predicted molar refractivity (Wildman–Crippen MR) is 78.5 cm³/mol. The highest BCUT2D eigenvalue weighted by atomic mass is 16.6. The number of benzene rings is 1. The van der Waals surface area contributed by atoms with Crippen molar-refractivity contribution in [2.45, 2.75) is 18.5 Å². The lowest BCUT2D eigenvalue weighted by Crippen LogP contribution is -2.27. The van der Waals surface area contributed by atoms with E-state index in [1.54, 1.807) is 10.9 Å². The molecule has 3 rings (SSSR count). The van der Waals surface area contributed by atoms with E-state index in [-0.39, 0.29) is 10.8 Å². The molecule has 110 valence electrons. The van der Waals surface area contributed by atoms with Gasteiger partial charge in [0.2, 0.25) is 6.04 Å². The second kappa shape index (κ2) is 5.65. The molecule has 1 aromatic heterocycles. The third-order valence-corrected chi connectivity index (χ3v) is 4.04. The Morgan fingerprint density at radius 2 is 2.10 bits per heavy atom. The Labute approximate surface area is 123 Å². The minimum absolute atomic E-state index is 0.0857. The van der Waals surface area contributed by atoms with Crippen LogP contribution in [-0.4, -0.2) is 38.7 Å². The molecule has 2 aromatic rings. The van der Waals surface area contributed by atoms with Gasteiger partial charge in [0.05, 0.1) is 18.7 Å². The zero-order valence-corrected chi connectivity index (χ0v) is 11.9. The average molecular weight is 286 g/mol. The summed E-state index contributed by atoms with van der Waals surface area (Å²) in [4.78, 5) is 13.3. The Kier molecular flexibility index (Phi) is 3.70. The van der Waals surface area contributed by atoms with Crippen LogP contribution in [0.2, 0.25) is 0 Å². The molecular formula is C15H18N4O2. The first-order valence-electron chi connectivity index (χ1n) is 7.02. The molecule has 6 nitrogen and oxygen atoms in total.